The minimum absolute atomic E-state index is 0.179. The number of para-hydroxylation sites is 1. The van der Waals surface area contributed by atoms with E-state index in [0.717, 1.165) is 22.6 Å². The first-order chi connectivity index (χ1) is 16.1. The average molecular weight is 456 g/mol. The number of hydrogen-bond acceptors (Lipinski definition) is 5. The summed E-state index contributed by atoms with van der Waals surface area (Å²) in [6.07, 6.45) is 4.78. The number of aromatic nitrogens is 1. The molecule has 0 amide bonds. The SMILES string of the molecule is Cc1cc(C=Nc2oc(-c3ccco3)c(-c3ccco3)c2C#N)c(C)n1-c1ccccc1Cl. The molecule has 0 atom stereocenters. The predicted octanol–water partition coefficient (Wildman–Crippen LogP) is 7.48. The molecule has 0 radical (unpaired) electrons. The maximum atomic E-state index is 9.91. The summed E-state index contributed by atoms with van der Waals surface area (Å²) in [6.45, 7) is 4.00. The lowest BCUT2D eigenvalue weighted by atomic mass is 10.1. The fraction of sp³-hybridized carbons (Fsp3) is 0.0769. The van der Waals surface area contributed by atoms with Crippen LogP contribution in [0.2, 0.25) is 5.02 Å². The van der Waals surface area contributed by atoms with Crippen molar-refractivity contribution in [1.82, 2.24) is 4.57 Å². The van der Waals surface area contributed by atoms with E-state index in [9.17, 15) is 5.26 Å². The van der Waals surface area contributed by atoms with E-state index < -0.39 is 0 Å². The number of furan rings is 3. The third kappa shape index (κ3) is 3.59. The number of halogens is 1. The van der Waals surface area contributed by atoms with Crippen molar-refractivity contribution in [3.05, 3.63) is 94.7 Å². The molecule has 7 heteroatoms. The summed E-state index contributed by atoms with van der Waals surface area (Å²) < 4.78 is 19.1. The van der Waals surface area contributed by atoms with E-state index in [1.807, 2.05) is 44.2 Å². The van der Waals surface area contributed by atoms with Gasteiger partial charge in [-0.2, -0.15) is 5.26 Å². The summed E-state index contributed by atoms with van der Waals surface area (Å²) in [5.74, 6) is 1.55. The van der Waals surface area contributed by atoms with Gasteiger partial charge in [0.1, 0.15) is 17.4 Å². The van der Waals surface area contributed by atoms with Crippen molar-refractivity contribution in [2.75, 3.05) is 0 Å². The number of hydrogen-bond donors (Lipinski definition) is 0. The monoisotopic (exact) mass is 455 g/mol. The van der Waals surface area contributed by atoms with Gasteiger partial charge < -0.3 is 17.8 Å². The van der Waals surface area contributed by atoms with Gasteiger partial charge >= 0.3 is 0 Å². The zero-order valence-corrected chi connectivity index (χ0v) is 18.6. The van der Waals surface area contributed by atoms with Gasteiger partial charge in [-0.3, -0.25) is 0 Å². The number of rotatable bonds is 5. The third-order valence-electron chi connectivity index (χ3n) is 5.40. The summed E-state index contributed by atoms with van der Waals surface area (Å²) >= 11 is 6.42. The molecule has 5 rings (SSSR count). The van der Waals surface area contributed by atoms with Gasteiger partial charge in [0, 0.05) is 23.2 Å². The minimum atomic E-state index is 0.179. The topological polar surface area (TPSA) is 80.5 Å². The Hall–Kier alpha value is -4.21. The van der Waals surface area contributed by atoms with Crippen molar-refractivity contribution in [1.29, 1.82) is 5.26 Å². The number of aliphatic imine (C=N–C) groups is 1. The largest absolute Gasteiger partial charge is 0.464 e. The van der Waals surface area contributed by atoms with E-state index in [4.69, 9.17) is 24.9 Å². The van der Waals surface area contributed by atoms with Gasteiger partial charge in [-0.25, -0.2) is 4.99 Å². The van der Waals surface area contributed by atoms with Crippen molar-refractivity contribution in [2.45, 2.75) is 13.8 Å². The molecule has 0 unspecified atom stereocenters. The third-order valence-corrected chi connectivity index (χ3v) is 5.72. The first kappa shape index (κ1) is 20.7. The fourth-order valence-corrected chi connectivity index (χ4v) is 4.12. The van der Waals surface area contributed by atoms with E-state index in [2.05, 4.69) is 15.6 Å². The molecule has 0 aliphatic heterocycles. The molecule has 1 aromatic carbocycles. The summed E-state index contributed by atoms with van der Waals surface area (Å²) in [7, 11) is 0. The van der Waals surface area contributed by atoms with E-state index in [1.165, 1.54) is 0 Å². The van der Waals surface area contributed by atoms with Crippen molar-refractivity contribution in [2.24, 2.45) is 4.99 Å². The summed E-state index contributed by atoms with van der Waals surface area (Å²) in [5, 5.41) is 10.6. The molecule has 162 valence electrons. The lowest BCUT2D eigenvalue weighted by Crippen LogP contribution is -2.00. The molecular weight excluding hydrogens is 438 g/mol. The van der Waals surface area contributed by atoms with Gasteiger partial charge in [0.05, 0.1) is 28.8 Å². The highest BCUT2D eigenvalue weighted by Crippen LogP contribution is 2.42. The fourth-order valence-electron chi connectivity index (χ4n) is 3.90. The zero-order valence-electron chi connectivity index (χ0n) is 17.9. The molecule has 0 spiro atoms. The molecule has 4 heterocycles. The molecule has 0 fully saturated rings. The van der Waals surface area contributed by atoms with E-state index >= 15 is 0 Å². The smallest absolute Gasteiger partial charge is 0.238 e. The molecule has 5 aromatic rings. The quantitative estimate of drug-likeness (QED) is 0.257. The second-order valence-electron chi connectivity index (χ2n) is 7.42. The zero-order chi connectivity index (χ0) is 22.9. The molecule has 33 heavy (non-hydrogen) atoms. The van der Waals surface area contributed by atoms with Crippen LogP contribution in [0.5, 0.6) is 0 Å². The van der Waals surface area contributed by atoms with Crippen LogP contribution in [-0.4, -0.2) is 10.8 Å². The minimum Gasteiger partial charge on any atom is -0.464 e. The predicted molar refractivity (Wildman–Crippen MR) is 126 cm³/mol. The molecule has 0 aliphatic carbocycles. The number of benzene rings is 1. The lowest BCUT2D eigenvalue weighted by Gasteiger charge is -2.11. The Bertz CT molecular complexity index is 1500. The Morgan fingerprint density at radius 3 is 2.39 bits per heavy atom. The van der Waals surface area contributed by atoms with Crippen molar-refractivity contribution in [3.63, 3.8) is 0 Å². The number of nitriles is 1. The van der Waals surface area contributed by atoms with Crippen LogP contribution in [0.15, 0.2) is 85.4 Å². The van der Waals surface area contributed by atoms with E-state index in [-0.39, 0.29) is 11.4 Å². The van der Waals surface area contributed by atoms with Crippen LogP contribution in [0.3, 0.4) is 0 Å². The lowest BCUT2D eigenvalue weighted by molar-refractivity contribution is 0.527. The van der Waals surface area contributed by atoms with Crippen LogP contribution in [0.1, 0.15) is 22.5 Å². The molecule has 0 N–H and O–H groups in total. The van der Waals surface area contributed by atoms with Gasteiger partial charge in [0.15, 0.2) is 11.5 Å². The summed E-state index contributed by atoms with van der Waals surface area (Å²) in [6, 6.07) is 18.9. The summed E-state index contributed by atoms with van der Waals surface area (Å²) in [5.41, 5.74) is 4.52. The summed E-state index contributed by atoms with van der Waals surface area (Å²) in [4.78, 5) is 4.54. The highest BCUT2D eigenvalue weighted by molar-refractivity contribution is 6.32. The van der Waals surface area contributed by atoms with Gasteiger partial charge in [0.25, 0.3) is 0 Å². The second-order valence-corrected chi connectivity index (χ2v) is 7.83. The van der Waals surface area contributed by atoms with Crippen molar-refractivity contribution < 1.29 is 13.3 Å². The van der Waals surface area contributed by atoms with E-state index in [1.54, 1.807) is 43.0 Å². The average Bonchev–Trinajstić information content (AvgIpc) is 3.60. The van der Waals surface area contributed by atoms with Crippen LogP contribution in [0, 0.1) is 25.2 Å². The highest BCUT2D eigenvalue weighted by Gasteiger charge is 2.26. The van der Waals surface area contributed by atoms with E-state index in [0.29, 0.717) is 27.9 Å². The number of aryl methyl sites for hydroxylation is 1. The molecule has 0 saturated carbocycles. The van der Waals surface area contributed by atoms with Crippen molar-refractivity contribution >= 4 is 23.7 Å². The Kier molecular flexibility index (Phi) is 5.25. The van der Waals surface area contributed by atoms with Crippen LogP contribution in [0.25, 0.3) is 28.5 Å². The Morgan fingerprint density at radius 1 is 1.00 bits per heavy atom. The first-order valence-electron chi connectivity index (χ1n) is 10.2. The highest BCUT2D eigenvalue weighted by atomic mass is 35.5. The van der Waals surface area contributed by atoms with Gasteiger partial charge in [0.2, 0.25) is 5.88 Å². The molecule has 0 aliphatic rings. The molecule has 4 aromatic heterocycles. The van der Waals surface area contributed by atoms with Crippen molar-refractivity contribution in [3.8, 4) is 34.6 Å². The second kappa shape index (κ2) is 8.38. The Labute approximate surface area is 195 Å². The first-order valence-corrected chi connectivity index (χ1v) is 10.6. The normalized spacial score (nSPS) is 11.3. The molecule has 0 bridgehead atoms. The Balaban J connectivity index is 1.61. The molecular formula is C26H18ClN3O3. The van der Waals surface area contributed by atoms with Crippen LogP contribution >= 0.6 is 11.6 Å². The standard InChI is InChI=1S/C26H18ClN3O3/c1-16-13-18(17(2)30(16)21-8-4-3-7-20(21)27)15-29-26-19(14-28)24(22-9-5-11-31-22)25(33-26)23-10-6-12-32-23/h3-13,15H,1-2H3. The molecule has 0 saturated heterocycles. The molecule has 6 nitrogen and oxygen atoms in total. The maximum absolute atomic E-state index is 9.91. The van der Waals surface area contributed by atoms with Gasteiger partial charge in [-0.05, 0) is 56.3 Å². The van der Waals surface area contributed by atoms with Crippen LogP contribution in [0.4, 0.5) is 5.88 Å². The van der Waals surface area contributed by atoms with Gasteiger partial charge in [-0.1, -0.05) is 23.7 Å². The Morgan fingerprint density at radius 2 is 1.73 bits per heavy atom. The van der Waals surface area contributed by atoms with Crippen LogP contribution < -0.4 is 0 Å². The number of nitrogens with zero attached hydrogens (tertiary/aromatic N) is 3. The van der Waals surface area contributed by atoms with Crippen LogP contribution in [-0.2, 0) is 0 Å². The maximum Gasteiger partial charge on any atom is 0.238 e. The van der Waals surface area contributed by atoms with Gasteiger partial charge in [-0.15, -0.1) is 0 Å².